The summed E-state index contributed by atoms with van der Waals surface area (Å²) in [4.78, 5) is 10.8. The second-order valence-corrected chi connectivity index (χ2v) is 4.72. The van der Waals surface area contributed by atoms with Crippen molar-refractivity contribution in [3.63, 3.8) is 0 Å². The van der Waals surface area contributed by atoms with Crippen molar-refractivity contribution in [2.24, 2.45) is 0 Å². The van der Waals surface area contributed by atoms with Gasteiger partial charge in [-0.25, -0.2) is 8.42 Å². The molecule has 1 rings (SSSR count). The molecule has 0 N–H and O–H groups in total. The molecule has 1 saturated heterocycles. The lowest BCUT2D eigenvalue weighted by atomic mass is 10.1. The van der Waals surface area contributed by atoms with E-state index in [9.17, 15) is 13.2 Å². The number of piperidine rings is 1. The number of hydrogen-bond acceptors (Lipinski definition) is 3. The van der Waals surface area contributed by atoms with Gasteiger partial charge in [0.25, 0.3) is 0 Å². The Morgan fingerprint density at radius 1 is 1.45 bits per heavy atom. The van der Waals surface area contributed by atoms with Gasteiger partial charge in [-0.3, -0.25) is 4.79 Å². The fourth-order valence-electron chi connectivity index (χ4n) is 1.09. The van der Waals surface area contributed by atoms with Crippen LogP contribution in [-0.4, -0.2) is 37.9 Å². The first-order valence-electron chi connectivity index (χ1n) is 3.47. The third-order valence-corrected chi connectivity index (χ3v) is 2.93. The van der Waals surface area contributed by atoms with Crippen molar-refractivity contribution in [3.8, 4) is 0 Å². The number of carbonyl (C=O) groups excluding carboxylic acids is 1. The minimum absolute atomic E-state index is 0.0154. The molecule has 1 heterocycles. The van der Waals surface area contributed by atoms with E-state index in [4.69, 9.17) is 0 Å². The standard InChI is InChI=1S/C6H11NO3S/c1-11(9,10)7-4-2-3-6(8)5-7/h2-5H2,1H3. The molecule has 1 fully saturated rings. The largest absolute Gasteiger partial charge is 0.298 e. The van der Waals surface area contributed by atoms with Crippen LogP contribution in [0.3, 0.4) is 0 Å². The fourth-order valence-corrected chi connectivity index (χ4v) is 1.93. The van der Waals surface area contributed by atoms with Crippen LogP contribution in [0.1, 0.15) is 12.8 Å². The maximum absolute atomic E-state index is 10.9. The van der Waals surface area contributed by atoms with Gasteiger partial charge in [0.05, 0.1) is 12.8 Å². The van der Waals surface area contributed by atoms with E-state index in [1.165, 1.54) is 4.31 Å². The maximum atomic E-state index is 10.9. The molecule has 11 heavy (non-hydrogen) atoms. The van der Waals surface area contributed by atoms with Crippen molar-refractivity contribution in [3.05, 3.63) is 0 Å². The summed E-state index contributed by atoms with van der Waals surface area (Å²) >= 11 is 0. The normalized spacial score (nSPS) is 22.1. The van der Waals surface area contributed by atoms with Gasteiger partial charge in [-0.2, -0.15) is 4.31 Å². The van der Waals surface area contributed by atoms with Crippen molar-refractivity contribution in [2.75, 3.05) is 19.3 Å². The zero-order valence-corrected chi connectivity index (χ0v) is 7.23. The number of rotatable bonds is 1. The Labute approximate surface area is 66.2 Å². The molecular formula is C6H11NO3S. The molecule has 0 atom stereocenters. The number of nitrogens with zero attached hydrogens (tertiary/aromatic N) is 1. The molecule has 0 aliphatic carbocycles. The van der Waals surface area contributed by atoms with E-state index in [1.807, 2.05) is 0 Å². The molecule has 1 aliphatic rings. The third kappa shape index (κ3) is 2.27. The third-order valence-electron chi connectivity index (χ3n) is 1.68. The lowest BCUT2D eigenvalue weighted by Crippen LogP contribution is -2.39. The summed E-state index contributed by atoms with van der Waals surface area (Å²) in [6.45, 7) is 0.559. The van der Waals surface area contributed by atoms with Gasteiger partial charge in [0.2, 0.25) is 10.0 Å². The Bertz CT molecular complexity index is 257. The predicted octanol–water partition coefficient (Wildman–Crippen LogP) is -0.389. The van der Waals surface area contributed by atoms with Gasteiger partial charge in [-0.15, -0.1) is 0 Å². The van der Waals surface area contributed by atoms with E-state index in [0.29, 0.717) is 19.4 Å². The number of Topliss-reactive ketones (excluding diaryl/α,β-unsaturated/α-hetero) is 1. The number of sulfonamides is 1. The second-order valence-electron chi connectivity index (χ2n) is 2.74. The SMILES string of the molecule is CS(=O)(=O)N1CCCC(=O)C1. The van der Waals surface area contributed by atoms with Crippen molar-refractivity contribution >= 4 is 15.8 Å². The Hall–Kier alpha value is -0.420. The Morgan fingerprint density at radius 3 is 2.45 bits per heavy atom. The second kappa shape index (κ2) is 2.91. The van der Waals surface area contributed by atoms with Crippen LogP contribution in [0, 0.1) is 0 Å². The molecule has 64 valence electrons. The lowest BCUT2D eigenvalue weighted by Gasteiger charge is -2.22. The van der Waals surface area contributed by atoms with Gasteiger partial charge >= 0.3 is 0 Å². The zero-order valence-electron chi connectivity index (χ0n) is 6.41. The van der Waals surface area contributed by atoms with Crippen LogP contribution in [0.25, 0.3) is 0 Å². The summed E-state index contributed by atoms with van der Waals surface area (Å²) in [7, 11) is -3.15. The highest BCUT2D eigenvalue weighted by Gasteiger charge is 2.23. The smallest absolute Gasteiger partial charge is 0.211 e. The minimum Gasteiger partial charge on any atom is -0.298 e. The highest BCUT2D eigenvalue weighted by Crippen LogP contribution is 2.08. The highest BCUT2D eigenvalue weighted by atomic mass is 32.2. The van der Waals surface area contributed by atoms with E-state index in [1.54, 1.807) is 0 Å². The van der Waals surface area contributed by atoms with Gasteiger partial charge in [0.15, 0.2) is 0 Å². The average Bonchev–Trinajstić information content (AvgIpc) is 1.86. The quantitative estimate of drug-likeness (QED) is 0.548. The summed E-state index contributed by atoms with van der Waals surface area (Å²) in [6, 6.07) is 0. The first-order chi connectivity index (χ1) is 5.00. The lowest BCUT2D eigenvalue weighted by molar-refractivity contribution is -0.120. The van der Waals surface area contributed by atoms with Crippen LogP contribution in [0.5, 0.6) is 0 Å². The molecule has 0 bridgehead atoms. The molecule has 4 nitrogen and oxygen atoms in total. The summed E-state index contributed by atoms with van der Waals surface area (Å²) in [5.41, 5.74) is 0. The fraction of sp³-hybridized carbons (Fsp3) is 0.833. The van der Waals surface area contributed by atoms with Gasteiger partial charge in [-0.05, 0) is 6.42 Å². The van der Waals surface area contributed by atoms with E-state index >= 15 is 0 Å². The van der Waals surface area contributed by atoms with Gasteiger partial charge in [0.1, 0.15) is 5.78 Å². The predicted molar refractivity (Wildman–Crippen MR) is 40.7 cm³/mol. The van der Waals surface area contributed by atoms with E-state index in [2.05, 4.69) is 0 Å². The van der Waals surface area contributed by atoms with Gasteiger partial charge in [-0.1, -0.05) is 0 Å². The Balaban J connectivity index is 2.68. The molecule has 0 saturated carbocycles. The molecule has 1 aliphatic heterocycles. The van der Waals surface area contributed by atoms with Crippen LogP contribution in [-0.2, 0) is 14.8 Å². The van der Waals surface area contributed by atoms with Crippen molar-refractivity contribution < 1.29 is 13.2 Å². The van der Waals surface area contributed by atoms with Crippen LogP contribution >= 0.6 is 0 Å². The van der Waals surface area contributed by atoms with Crippen LogP contribution in [0.15, 0.2) is 0 Å². The molecule has 0 aromatic heterocycles. The van der Waals surface area contributed by atoms with Gasteiger partial charge < -0.3 is 0 Å². The Kier molecular flexibility index (Phi) is 2.29. The molecule has 0 spiro atoms. The van der Waals surface area contributed by atoms with E-state index < -0.39 is 10.0 Å². The van der Waals surface area contributed by atoms with Crippen molar-refractivity contribution in [1.82, 2.24) is 4.31 Å². The van der Waals surface area contributed by atoms with E-state index in [-0.39, 0.29) is 12.3 Å². The van der Waals surface area contributed by atoms with Crippen molar-refractivity contribution in [1.29, 1.82) is 0 Å². The first-order valence-corrected chi connectivity index (χ1v) is 5.32. The molecule has 0 radical (unpaired) electrons. The summed E-state index contributed by atoms with van der Waals surface area (Å²) < 4.78 is 23.0. The van der Waals surface area contributed by atoms with Crippen LogP contribution in [0.2, 0.25) is 0 Å². The number of ketones is 1. The highest BCUT2D eigenvalue weighted by molar-refractivity contribution is 7.88. The van der Waals surface area contributed by atoms with Crippen LogP contribution in [0.4, 0.5) is 0 Å². The summed E-state index contributed by atoms with van der Waals surface area (Å²) in [6.07, 6.45) is 2.31. The molecule has 0 aromatic carbocycles. The van der Waals surface area contributed by atoms with E-state index in [0.717, 1.165) is 6.26 Å². The van der Waals surface area contributed by atoms with Gasteiger partial charge in [0, 0.05) is 13.0 Å². The van der Waals surface area contributed by atoms with Crippen LogP contribution < -0.4 is 0 Å². The minimum atomic E-state index is -3.15. The maximum Gasteiger partial charge on any atom is 0.211 e. The summed E-state index contributed by atoms with van der Waals surface area (Å²) in [5, 5.41) is 0. The first kappa shape index (κ1) is 8.67. The number of carbonyl (C=O) groups is 1. The van der Waals surface area contributed by atoms with Crippen molar-refractivity contribution in [2.45, 2.75) is 12.8 Å². The monoisotopic (exact) mass is 177 g/mol. The molecule has 0 aromatic rings. The number of hydrogen-bond donors (Lipinski definition) is 0. The Morgan fingerprint density at radius 2 is 2.09 bits per heavy atom. The molecule has 0 amide bonds. The topological polar surface area (TPSA) is 54.5 Å². The summed E-state index contributed by atoms with van der Waals surface area (Å²) in [5.74, 6) is 0.0154. The average molecular weight is 177 g/mol. The zero-order chi connectivity index (χ0) is 8.48. The molecule has 5 heteroatoms. The molecular weight excluding hydrogens is 166 g/mol. The molecule has 0 unspecified atom stereocenters.